The monoisotopic (exact) mass is 511 g/mol. The predicted molar refractivity (Wildman–Crippen MR) is 134 cm³/mol. The van der Waals surface area contributed by atoms with Crippen LogP contribution in [0.2, 0.25) is 0 Å². The Labute approximate surface area is 213 Å². The van der Waals surface area contributed by atoms with Crippen LogP contribution >= 0.6 is 0 Å². The zero-order chi connectivity index (χ0) is 25.9. The van der Waals surface area contributed by atoms with E-state index >= 15 is 4.39 Å². The van der Waals surface area contributed by atoms with E-state index in [0.717, 1.165) is 54.2 Å². The van der Waals surface area contributed by atoms with Gasteiger partial charge in [-0.15, -0.1) is 0 Å². The third-order valence-corrected chi connectivity index (χ3v) is 7.87. The number of benzene rings is 1. The van der Waals surface area contributed by atoms with Gasteiger partial charge >= 0.3 is 5.69 Å². The molecule has 3 fully saturated rings. The number of rotatable bonds is 6. The minimum Gasteiger partial charge on any atom is -0.365 e. The highest BCUT2D eigenvalue weighted by atomic mass is 19.1. The molecule has 6 rings (SSSR count). The van der Waals surface area contributed by atoms with Crippen LogP contribution in [0.1, 0.15) is 63.9 Å². The second kappa shape index (κ2) is 8.86. The molecular formula is C25H31F2N9O. The van der Waals surface area contributed by atoms with E-state index < -0.39 is 17.3 Å². The fourth-order valence-electron chi connectivity index (χ4n) is 6.00. The molecule has 1 aromatic carbocycles. The maximum absolute atomic E-state index is 15.1. The number of aryl methyl sites for hydroxylation is 1. The molecule has 4 heterocycles. The lowest BCUT2D eigenvalue weighted by Gasteiger charge is -2.47. The first-order valence-electron chi connectivity index (χ1n) is 12.9. The summed E-state index contributed by atoms with van der Waals surface area (Å²) in [7, 11) is 1.50. The highest BCUT2D eigenvalue weighted by Gasteiger charge is 2.43. The number of anilines is 3. The Morgan fingerprint density at radius 1 is 1.11 bits per heavy atom. The summed E-state index contributed by atoms with van der Waals surface area (Å²) in [6.45, 7) is 5.57. The molecule has 10 nitrogen and oxygen atoms in total. The van der Waals surface area contributed by atoms with Gasteiger partial charge in [0.15, 0.2) is 11.6 Å². The molecule has 2 atom stereocenters. The molecule has 0 amide bonds. The van der Waals surface area contributed by atoms with Gasteiger partial charge in [-0.1, -0.05) is 0 Å². The lowest BCUT2D eigenvalue weighted by atomic mass is 9.84. The number of halogens is 2. The van der Waals surface area contributed by atoms with E-state index in [9.17, 15) is 9.18 Å². The lowest BCUT2D eigenvalue weighted by molar-refractivity contribution is 0.0500. The summed E-state index contributed by atoms with van der Waals surface area (Å²) in [6, 6.07) is 3.47. The lowest BCUT2D eigenvalue weighted by Crippen LogP contribution is -2.55. The van der Waals surface area contributed by atoms with Crippen LogP contribution in [0.25, 0.3) is 5.69 Å². The summed E-state index contributed by atoms with van der Waals surface area (Å²) >= 11 is 0. The van der Waals surface area contributed by atoms with Gasteiger partial charge in [0, 0.05) is 24.7 Å². The summed E-state index contributed by atoms with van der Waals surface area (Å²) in [6.07, 6.45) is 7.03. The van der Waals surface area contributed by atoms with E-state index in [1.54, 1.807) is 0 Å². The van der Waals surface area contributed by atoms with Crippen LogP contribution in [-0.2, 0) is 7.05 Å². The first-order chi connectivity index (χ1) is 17.7. The van der Waals surface area contributed by atoms with Crippen molar-refractivity contribution in [2.24, 2.45) is 7.05 Å². The number of nitrogens with zero attached hydrogens (tertiary/aromatic N) is 7. The van der Waals surface area contributed by atoms with Crippen molar-refractivity contribution in [1.29, 1.82) is 0 Å². The molecule has 2 N–H and O–H groups in total. The van der Waals surface area contributed by atoms with Crippen LogP contribution in [0.15, 0.2) is 23.1 Å². The van der Waals surface area contributed by atoms with E-state index in [0.29, 0.717) is 17.3 Å². The van der Waals surface area contributed by atoms with Crippen molar-refractivity contribution in [1.82, 2.24) is 34.7 Å². The van der Waals surface area contributed by atoms with E-state index in [4.69, 9.17) is 0 Å². The van der Waals surface area contributed by atoms with Crippen molar-refractivity contribution in [2.45, 2.75) is 75.9 Å². The first kappa shape index (κ1) is 24.0. The van der Waals surface area contributed by atoms with Crippen LogP contribution in [0.5, 0.6) is 0 Å². The maximum atomic E-state index is 15.1. The summed E-state index contributed by atoms with van der Waals surface area (Å²) < 4.78 is 32.2. The Morgan fingerprint density at radius 2 is 1.92 bits per heavy atom. The molecular weight excluding hydrogens is 480 g/mol. The molecule has 2 saturated heterocycles. The Kier molecular flexibility index (Phi) is 5.74. The summed E-state index contributed by atoms with van der Waals surface area (Å²) in [4.78, 5) is 23.4. The van der Waals surface area contributed by atoms with Crippen molar-refractivity contribution in [3.63, 3.8) is 0 Å². The highest BCUT2D eigenvalue weighted by molar-refractivity contribution is 5.62. The molecule has 3 aliphatic rings. The van der Waals surface area contributed by atoms with Crippen molar-refractivity contribution >= 4 is 17.5 Å². The normalized spacial score (nSPS) is 23.2. The summed E-state index contributed by atoms with van der Waals surface area (Å²) in [5, 5.41) is 13.9. The third kappa shape index (κ3) is 4.47. The molecule has 0 radical (unpaired) electrons. The average molecular weight is 512 g/mol. The summed E-state index contributed by atoms with van der Waals surface area (Å²) in [5.74, 6) is -0.767. The fraction of sp³-hybridized carbons (Fsp3) is 0.560. The zero-order valence-corrected chi connectivity index (χ0v) is 21.2. The molecule has 196 valence electrons. The molecule has 1 unspecified atom stereocenters. The maximum Gasteiger partial charge on any atom is 0.368 e. The molecule has 1 aliphatic carbocycles. The number of aromatic nitrogens is 6. The standard InChI is InChI=1S/C25H31F2N9O/c1-25(2)12-15(9-16-5-4-8-35(16)25)29-22-19(27)13-28-23(31-22)30-20-11-21(36-24(37)34(3)32-33-36)17(10-18(20)26)14-6-7-14/h10-11,13-16H,4-9,12H2,1-3H3,(H2,28,29,30,31)/t15-,16?/m1/s1. The molecule has 12 heteroatoms. The third-order valence-electron chi connectivity index (χ3n) is 7.87. The Hall–Kier alpha value is -3.41. The van der Waals surface area contributed by atoms with Crippen LogP contribution in [0, 0.1) is 11.6 Å². The number of hydrogen-bond acceptors (Lipinski definition) is 8. The van der Waals surface area contributed by atoms with Gasteiger partial charge < -0.3 is 10.6 Å². The van der Waals surface area contributed by atoms with Crippen molar-refractivity contribution in [3.8, 4) is 5.69 Å². The SMILES string of the molecule is Cn1nnn(-c2cc(Nc3ncc(F)c(N[C@@H]4CC5CCCN5C(C)(C)C4)n3)c(F)cc2C2CC2)c1=O. The van der Waals surface area contributed by atoms with Crippen LogP contribution < -0.4 is 16.3 Å². The van der Waals surface area contributed by atoms with E-state index in [1.807, 2.05) is 0 Å². The predicted octanol–water partition coefficient (Wildman–Crippen LogP) is 3.47. The zero-order valence-electron chi connectivity index (χ0n) is 21.2. The van der Waals surface area contributed by atoms with Gasteiger partial charge in [0.05, 0.1) is 17.6 Å². The van der Waals surface area contributed by atoms with E-state index in [1.165, 1.54) is 25.6 Å². The minimum absolute atomic E-state index is 0.0168. The largest absolute Gasteiger partial charge is 0.368 e. The van der Waals surface area contributed by atoms with Crippen molar-refractivity contribution in [2.75, 3.05) is 17.2 Å². The Balaban J connectivity index is 1.27. The van der Waals surface area contributed by atoms with Gasteiger partial charge in [0.25, 0.3) is 0 Å². The smallest absolute Gasteiger partial charge is 0.365 e. The van der Waals surface area contributed by atoms with E-state index in [2.05, 4.69) is 49.8 Å². The first-order valence-corrected chi connectivity index (χ1v) is 12.9. The van der Waals surface area contributed by atoms with Gasteiger partial charge in [0.1, 0.15) is 5.82 Å². The second-order valence-electron chi connectivity index (χ2n) is 11.1. The van der Waals surface area contributed by atoms with Gasteiger partial charge in [0.2, 0.25) is 5.95 Å². The van der Waals surface area contributed by atoms with Crippen molar-refractivity contribution < 1.29 is 8.78 Å². The van der Waals surface area contributed by atoms with E-state index in [-0.39, 0.29) is 35.0 Å². The molecule has 0 spiro atoms. The molecule has 2 aromatic heterocycles. The Bertz CT molecular complexity index is 1400. The fourth-order valence-corrected chi connectivity index (χ4v) is 6.00. The number of fused-ring (bicyclic) bond motifs is 1. The second-order valence-corrected chi connectivity index (χ2v) is 11.1. The molecule has 37 heavy (non-hydrogen) atoms. The van der Waals surface area contributed by atoms with Crippen molar-refractivity contribution in [3.05, 3.63) is 46.0 Å². The average Bonchev–Trinajstić information content (AvgIpc) is 3.49. The molecule has 0 bridgehead atoms. The topological polar surface area (TPSA) is 106 Å². The number of tetrazole rings is 1. The number of nitrogens with one attached hydrogen (secondary N) is 2. The van der Waals surface area contributed by atoms with Gasteiger partial charge in [-0.2, -0.15) is 14.3 Å². The number of hydrogen-bond donors (Lipinski definition) is 2. The van der Waals surface area contributed by atoms with Gasteiger partial charge in [-0.3, -0.25) is 4.90 Å². The molecule has 1 saturated carbocycles. The Morgan fingerprint density at radius 3 is 2.65 bits per heavy atom. The van der Waals surface area contributed by atoms with Gasteiger partial charge in [-0.25, -0.2) is 18.6 Å². The molecule has 3 aromatic rings. The van der Waals surface area contributed by atoms with Crippen LogP contribution in [0.3, 0.4) is 0 Å². The van der Waals surface area contributed by atoms with Gasteiger partial charge in [-0.05, 0) is 93.0 Å². The molecule has 2 aliphatic heterocycles. The van der Waals surface area contributed by atoms with Crippen LogP contribution in [0.4, 0.5) is 26.2 Å². The highest BCUT2D eigenvalue weighted by Crippen LogP contribution is 2.44. The summed E-state index contributed by atoms with van der Waals surface area (Å²) in [5.41, 5.74) is 0.808. The quantitative estimate of drug-likeness (QED) is 0.518. The number of piperidine rings is 1. The minimum atomic E-state index is -0.562. The van der Waals surface area contributed by atoms with Crippen LogP contribution in [-0.4, -0.2) is 58.8 Å².